The summed E-state index contributed by atoms with van der Waals surface area (Å²) in [6.07, 6.45) is 0.894. The lowest BCUT2D eigenvalue weighted by Gasteiger charge is -2.51. The number of hydrogen-bond donors (Lipinski definition) is 1. The van der Waals surface area contributed by atoms with Crippen molar-refractivity contribution in [3.63, 3.8) is 0 Å². The van der Waals surface area contributed by atoms with Gasteiger partial charge in [-0.15, -0.1) is 11.8 Å². The van der Waals surface area contributed by atoms with Crippen molar-refractivity contribution in [3.05, 3.63) is 85.9 Å². The van der Waals surface area contributed by atoms with Gasteiger partial charge in [0.05, 0.1) is 20.8 Å². The molecule has 39 heavy (non-hydrogen) atoms. The molecule has 11 nitrogen and oxygen atoms in total. The molecular formula is C25H17BrN4O7S2. The highest BCUT2D eigenvalue weighted by molar-refractivity contribution is 9.10. The lowest BCUT2D eigenvalue weighted by Crippen LogP contribution is -2.70. The third-order valence-corrected chi connectivity index (χ3v) is 10.5. The number of β-lactam (4-membered cyclic amide) rings is 1. The summed E-state index contributed by atoms with van der Waals surface area (Å²) in [4.78, 5) is 56.0. The topological polar surface area (TPSA) is 144 Å². The maximum Gasteiger partial charge on any atom is 0.353 e. The maximum atomic E-state index is 13.6. The average Bonchev–Trinajstić information content (AvgIpc) is 3.57. The minimum absolute atomic E-state index is 0.0805. The summed E-state index contributed by atoms with van der Waals surface area (Å²) in [5.74, 6) is -2.41. The number of alkyl halides is 1. The van der Waals surface area contributed by atoms with E-state index in [1.165, 1.54) is 47.1 Å². The summed E-state index contributed by atoms with van der Waals surface area (Å²) < 4.78 is 6.15. The Morgan fingerprint density at radius 1 is 1.26 bits per heavy atom. The Hall–Kier alpha value is -3.75. The van der Waals surface area contributed by atoms with E-state index in [9.17, 15) is 29.6 Å². The van der Waals surface area contributed by atoms with Crippen LogP contribution in [0.4, 0.5) is 5.69 Å². The quantitative estimate of drug-likeness (QED) is 0.102. The average molecular weight is 629 g/mol. The van der Waals surface area contributed by atoms with Crippen LogP contribution in [0.5, 0.6) is 0 Å². The molecule has 198 valence electrons. The monoisotopic (exact) mass is 628 g/mol. The zero-order valence-electron chi connectivity index (χ0n) is 19.9. The number of rotatable bonds is 7. The number of carboxylic acid groups (broad SMARTS) is 1. The first-order valence-electron chi connectivity index (χ1n) is 11.5. The van der Waals surface area contributed by atoms with E-state index < -0.39 is 38.6 Å². The molecule has 2 aliphatic heterocycles. The lowest BCUT2D eigenvalue weighted by atomic mass is 9.89. The van der Waals surface area contributed by atoms with Gasteiger partial charge in [-0.1, -0.05) is 51.5 Å². The number of carbonyl (C=O) groups excluding carboxylic acids is 2. The molecule has 1 N–H and O–H groups in total. The number of halogens is 1. The van der Waals surface area contributed by atoms with Crippen molar-refractivity contribution in [1.29, 1.82) is 0 Å². The molecule has 1 saturated heterocycles. The van der Waals surface area contributed by atoms with Crippen LogP contribution in [0.3, 0.4) is 0 Å². The summed E-state index contributed by atoms with van der Waals surface area (Å²) in [7, 11) is 0. The van der Waals surface area contributed by atoms with Gasteiger partial charge in [0.1, 0.15) is 11.1 Å². The van der Waals surface area contributed by atoms with Crippen LogP contribution in [-0.2, 0) is 25.5 Å². The Morgan fingerprint density at radius 3 is 2.64 bits per heavy atom. The molecule has 0 radical (unpaired) electrons. The molecule has 1 amide bonds. The molecule has 1 fully saturated rings. The van der Waals surface area contributed by atoms with Gasteiger partial charge in [-0.3, -0.25) is 29.0 Å². The summed E-state index contributed by atoms with van der Waals surface area (Å²) >= 11 is 6.04. The van der Waals surface area contributed by atoms with Crippen molar-refractivity contribution in [2.75, 3.05) is 0 Å². The normalized spacial score (nSPS) is 21.2. The minimum atomic E-state index is -1.43. The number of esters is 1. The number of nitro groups is 1. The molecule has 0 aliphatic carbocycles. The Labute approximate surface area is 236 Å². The predicted molar refractivity (Wildman–Crippen MR) is 146 cm³/mol. The number of thioether (sulfide) groups is 1. The predicted octanol–water partition coefficient (Wildman–Crippen LogP) is 4.65. The number of carbonyl (C=O) groups is 3. The smallest absolute Gasteiger partial charge is 0.353 e. The number of aliphatic carboxylic acids is 1. The zero-order chi connectivity index (χ0) is 27.6. The van der Waals surface area contributed by atoms with Crippen LogP contribution < -0.4 is 0 Å². The molecule has 4 aromatic rings. The summed E-state index contributed by atoms with van der Waals surface area (Å²) in [5, 5.41) is 20.3. The summed E-state index contributed by atoms with van der Waals surface area (Å²) in [5.41, 5.74) is 2.08. The highest BCUT2D eigenvalue weighted by atomic mass is 79.9. The summed E-state index contributed by atoms with van der Waals surface area (Å²) in [6.45, 7) is 1.25. The first-order chi connectivity index (χ1) is 18.6. The number of benzene rings is 2. The zero-order valence-corrected chi connectivity index (χ0v) is 23.2. The number of fused-ring (bicyclic) bond motifs is 4. The first-order valence-corrected chi connectivity index (χ1v) is 14.0. The SMILES string of the molecule is CC(=O)OC(c1cn2c(nc3ccccc32)s1)C1(Br)C(=O)N2C(C(=O)O)=C(Cc3ccc([N+](=O)[O-])cc3)S[C@@H]21. The van der Waals surface area contributed by atoms with Gasteiger partial charge in [-0.2, -0.15) is 0 Å². The lowest BCUT2D eigenvalue weighted by molar-refractivity contribution is -0.384. The molecular weight excluding hydrogens is 612 g/mol. The number of nitro benzene ring substituents is 1. The highest BCUT2D eigenvalue weighted by Crippen LogP contribution is 2.61. The number of thiazole rings is 1. The summed E-state index contributed by atoms with van der Waals surface area (Å²) in [6, 6.07) is 13.4. The van der Waals surface area contributed by atoms with Crippen LogP contribution in [0, 0.1) is 10.1 Å². The van der Waals surface area contributed by atoms with Gasteiger partial charge in [0, 0.05) is 36.6 Å². The minimum Gasteiger partial charge on any atom is -0.477 e. The fourth-order valence-corrected chi connectivity index (χ4v) is 8.62. The second kappa shape index (κ2) is 9.17. The molecule has 2 unspecified atom stereocenters. The van der Waals surface area contributed by atoms with Crippen LogP contribution >= 0.6 is 39.0 Å². The number of aromatic nitrogens is 2. The molecule has 0 saturated carbocycles. The molecule has 2 aromatic heterocycles. The van der Waals surface area contributed by atoms with Crippen molar-refractivity contribution < 1.29 is 29.2 Å². The Morgan fingerprint density at radius 2 is 1.97 bits per heavy atom. The van der Waals surface area contributed by atoms with Crippen LogP contribution in [0.15, 0.2) is 65.3 Å². The number of amides is 1. The second-order valence-electron chi connectivity index (χ2n) is 8.97. The van der Waals surface area contributed by atoms with Crippen LogP contribution in [-0.4, -0.2) is 51.9 Å². The van der Waals surface area contributed by atoms with Crippen LogP contribution in [0.1, 0.15) is 23.5 Å². The van der Waals surface area contributed by atoms with Gasteiger partial charge in [0.2, 0.25) is 0 Å². The van der Waals surface area contributed by atoms with Gasteiger partial charge >= 0.3 is 11.9 Å². The number of non-ortho nitro benzene ring substituents is 1. The van der Waals surface area contributed by atoms with Gasteiger partial charge < -0.3 is 9.84 Å². The second-order valence-corrected chi connectivity index (χ2v) is 12.5. The number of carboxylic acids is 1. The maximum absolute atomic E-state index is 13.6. The molecule has 3 atom stereocenters. The number of hydrogen-bond acceptors (Lipinski definition) is 9. The fraction of sp³-hybridized carbons (Fsp3) is 0.200. The molecule has 6 rings (SSSR count). The number of imidazole rings is 1. The molecule has 14 heteroatoms. The Bertz CT molecular complexity index is 1750. The van der Waals surface area contributed by atoms with Crippen molar-refractivity contribution in [2.24, 2.45) is 0 Å². The molecule has 2 aromatic carbocycles. The molecule has 0 spiro atoms. The van der Waals surface area contributed by atoms with E-state index in [4.69, 9.17) is 4.74 Å². The van der Waals surface area contributed by atoms with Crippen LogP contribution in [0.2, 0.25) is 0 Å². The highest BCUT2D eigenvalue weighted by Gasteiger charge is 2.70. The van der Waals surface area contributed by atoms with Crippen molar-refractivity contribution >= 4 is 78.6 Å². The van der Waals surface area contributed by atoms with E-state index in [0.29, 0.717) is 20.3 Å². The largest absolute Gasteiger partial charge is 0.477 e. The van der Waals surface area contributed by atoms with E-state index in [0.717, 1.165) is 11.0 Å². The Kier molecular flexibility index (Phi) is 6.00. The van der Waals surface area contributed by atoms with Gasteiger partial charge in [0.15, 0.2) is 15.4 Å². The van der Waals surface area contributed by atoms with Gasteiger partial charge in [-0.25, -0.2) is 9.78 Å². The van der Waals surface area contributed by atoms with E-state index in [2.05, 4.69) is 20.9 Å². The number of para-hydroxylation sites is 2. The third kappa shape index (κ3) is 3.93. The van der Waals surface area contributed by atoms with Crippen molar-refractivity contribution in [1.82, 2.24) is 14.3 Å². The first kappa shape index (κ1) is 25.5. The van der Waals surface area contributed by atoms with Gasteiger partial charge in [0.25, 0.3) is 11.6 Å². The Balaban J connectivity index is 1.35. The van der Waals surface area contributed by atoms with Gasteiger partial charge in [-0.05, 0) is 17.7 Å². The fourth-order valence-electron chi connectivity index (χ4n) is 4.83. The molecule has 4 heterocycles. The van der Waals surface area contributed by atoms with Crippen molar-refractivity contribution in [3.8, 4) is 0 Å². The number of ether oxygens (including phenoxy) is 1. The number of nitrogens with zero attached hydrogens (tertiary/aromatic N) is 4. The van der Waals surface area contributed by atoms with Crippen molar-refractivity contribution in [2.45, 2.75) is 29.1 Å². The van der Waals surface area contributed by atoms with E-state index >= 15 is 0 Å². The molecule has 2 aliphatic rings. The third-order valence-electron chi connectivity index (χ3n) is 6.57. The number of allylic oxidation sites excluding steroid dienone is 1. The van der Waals surface area contributed by atoms with E-state index in [1.807, 2.05) is 28.7 Å². The molecule has 0 bridgehead atoms. The van der Waals surface area contributed by atoms with Crippen LogP contribution in [0.25, 0.3) is 16.0 Å². The van der Waals surface area contributed by atoms with E-state index in [1.54, 1.807) is 18.3 Å². The standard InChI is InChI=1S/C25H17BrN4O7S2/c1-12(31)37-20(18-11-28-16-5-3-2-4-15(16)27-24(28)39-18)25(26)22(34)29-19(21(32)33)17(38-23(25)29)10-13-6-8-14(9-7-13)30(35)36/h2-9,11,20,23H,10H2,1H3,(H,32,33)/t20?,23-,25?/m1/s1. The van der Waals surface area contributed by atoms with E-state index in [-0.39, 0.29) is 17.8 Å².